The third-order valence-corrected chi connectivity index (χ3v) is 4.42. The molecular formula is C14H20O4S. The molecule has 0 amide bonds. The van der Waals surface area contributed by atoms with Gasteiger partial charge in [0.1, 0.15) is 0 Å². The largest absolute Gasteiger partial charge is 0.487 e. The number of ether oxygens (including phenoxy) is 2. The molecule has 0 heterocycles. The molecule has 3 aliphatic rings. The van der Waals surface area contributed by atoms with E-state index in [9.17, 15) is 4.79 Å². The molecule has 3 rings (SSSR count). The summed E-state index contributed by atoms with van der Waals surface area (Å²) in [6.45, 7) is 0. The van der Waals surface area contributed by atoms with Crippen LogP contribution in [0.15, 0.2) is 11.5 Å². The Morgan fingerprint density at radius 2 is 1.42 bits per heavy atom. The number of ketones is 1. The SMILES string of the molecule is O=C1C(OC2CCCC2)=C(OC2CCCC2)C1OS. The second kappa shape index (κ2) is 5.75. The molecule has 2 saturated carbocycles. The quantitative estimate of drug-likeness (QED) is 0.623. The Balaban J connectivity index is 1.69. The molecule has 106 valence electrons. The van der Waals surface area contributed by atoms with Crippen molar-refractivity contribution in [3.8, 4) is 0 Å². The van der Waals surface area contributed by atoms with E-state index in [4.69, 9.17) is 13.7 Å². The van der Waals surface area contributed by atoms with Gasteiger partial charge in [0.05, 0.1) is 12.2 Å². The highest BCUT2D eigenvalue weighted by Crippen LogP contribution is 2.36. The lowest BCUT2D eigenvalue weighted by Crippen LogP contribution is -2.41. The van der Waals surface area contributed by atoms with Crippen LogP contribution in [-0.4, -0.2) is 24.1 Å². The van der Waals surface area contributed by atoms with Gasteiger partial charge in [0.25, 0.3) is 0 Å². The van der Waals surface area contributed by atoms with Crippen LogP contribution < -0.4 is 0 Å². The summed E-state index contributed by atoms with van der Waals surface area (Å²) in [5.41, 5.74) is 0. The third kappa shape index (κ3) is 2.63. The van der Waals surface area contributed by atoms with Gasteiger partial charge in [-0.15, -0.1) is 0 Å². The summed E-state index contributed by atoms with van der Waals surface area (Å²) in [7, 11) is 0. The van der Waals surface area contributed by atoms with Crippen LogP contribution >= 0.6 is 12.9 Å². The number of carbonyl (C=O) groups is 1. The van der Waals surface area contributed by atoms with E-state index in [0.717, 1.165) is 25.7 Å². The molecule has 3 aliphatic carbocycles. The molecule has 0 aromatic carbocycles. The van der Waals surface area contributed by atoms with Gasteiger partial charge in [0.2, 0.25) is 11.5 Å². The number of thiol groups is 1. The van der Waals surface area contributed by atoms with Gasteiger partial charge in [-0.25, -0.2) is 0 Å². The minimum atomic E-state index is -0.666. The zero-order valence-corrected chi connectivity index (χ0v) is 11.9. The Morgan fingerprint density at radius 3 is 1.95 bits per heavy atom. The molecule has 0 aromatic rings. The Bertz CT molecular complexity index is 381. The maximum Gasteiger partial charge on any atom is 0.238 e. The van der Waals surface area contributed by atoms with E-state index < -0.39 is 6.10 Å². The van der Waals surface area contributed by atoms with Gasteiger partial charge in [-0.05, 0) is 64.3 Å². The second-order valence-electron chi connectivity index (χ2n) is 5.59. The van der Waals surface area contributed by atoms with E-state index in [1.807, 2.05) is 0 Å². The molecule has 1 atom stereocenters. The van der Waals surface area contributed by atoms with Crippen molar-refractivity contribution in [3.63, 3.8) is 0 Å². The van der Waals surface area contributed by atoms with E-state index in [-0.39, 0.29) is 18.0 Å². The molecule has 2 fully saturated rings. The highest BCUT2D eigenvalue weighted by atomic mass is 32.1. The average Bonchev–Trinajstić information content (AvgIpc) is 3.09. The number of carbonyl (C=O) groups excluding carboxylic acids is 1. The van der Waals surface area contributed by atoms with Crippen molar-refractivity contribution in [2.45, 2.75) is 69.7 Å². The Hall–Kier alpha value is -0.680. The van der Waals surface area contributed by atoms with Crippen molar-refractivity contribution < 1.29 is 18.5 Å². The Kier molecular flexibility index (Phi) is 4.03. The molecule has 1 unspecified atom stereocenters. The fourth-order valence-corrected chi connectivity index (χ4v) is 3.28. The summed E-state index contributed by atoms with van der Waals surface area (Å²) in [5, 5.41) is 0. The third-order valence-electron chi connectivity index (χ3n) is 4.21. The van der Waals surface area contributed by atoms with Crippen LogP contribution in [0.25, 0.3) is 0 Å². The van der Waals surface area contributed by atoms with E-state index in [1.165, 1.54) is 25.7 Å². The first-order chi connectivity index (χ1) is 9.29. The average molecular weight is 284 g/mol. The molecule has 0 saturated heterocycles. The summed E-state index contributed by atoms with van der Waals surface area (Å²) >= 11 is 3.76. The van der Waals surface area contributed by atoms with Crippen molar-refractivity contribution in [2.75, 3.05) is 0 Å². The molecule has 0 aromatic heterocycles. The molecule has 0 aliphatic heterocycles. The van der Waals surface area contributed by atoms with Crippen molar-refractivity contribution in [2.24, 2.45) is 0 Å². The first-order valence-corrected chi connectivity index (χ1v) is 7.58. The van der Waals surface area contributed by atoms with Gasteiger partial charge in [-0.1, -0.05) is 0 Å². The van der Waals surface area contributed by atoms with Gasteiger partial charge < -0.3 is 9.47 Å². The first-order valence-electron chi connectivity index (χ1n) is 7.21. The molecule has 0 bridgehead atoms. The van der Waals surface area contributed by atoms with Crippen LogP contribution in [0.5, 0.6) is 0 Å². The highest BCUT2D eigenvalue weighted by Gasteiger charge is 2.46. The van der Waals surface area contributed by atoms with Gasteiger partial charge >= 0.3 is 0 Å². The van der Waals surface area contributed by atoms with E-state index in [1.54, 1.807) is 0 Å². The van der Waals surface area contributed by atoms with E-state index in [2.05, 4.69) is 12.9 Å². The smallest absolute Gasteiger partial charge is 0.238 e. The first kappa shape index (κ1) is 13.3. The minimum absolute atomic E-state index is 0.130. The normalized spacial score (nSPS) is 28.9. The Labute approximate surface area is 119 Å². The predicted molar refractivity (Wildman–Crippen MR) is 72.6 cm³/mol. The van der Waals surface area contributed by atoms with Crippen molar-refractivity contribution in [3.05, 3.63) is 11.5 Å². The summed E-state index contributed by atoms with van der Waals surface area (Å²) in [6.07, 6.45) is 8.60. The van der Waals surface area contributed by atoms with Crippen molar-refractivity contribution in [1.82, 2.24) is 0 Å². The van der Waals surface area contributed by atoms with Gasteiger partial charge in [-0.2, -0.15) is 0 Å². The van der Waals surface area contributed by atoms with E-state index >= 15 is 0 Å². The summed E-state index contributed by atoms with van der Waals surface area (Å²) in [6, 6.07) is 0. The predicted octanol–water partition coefficient (Wildman–Crippen LogP) is 2.93. The summed E-state index contributed by atoms with van der Waals surface area (Å²) in [5.74, 6) is 0.826. The molecule has 4 nitrogen and oxygen atoms in total. The fourth-order valence-electron chi connectivity index (χ4n) is 3.09. The molecular weight excluding hydrogens is 264 g/mol. The Morgan fingerprint density at radius 1 is 0.895 bits per heavy atom. The number of hydrogen-bond acceptors (Lipinski definition) is 5. The van der Waals surface area contributed by atoms with Crippen LogP contribution in [0.4, 0.5) is 0 Å². The monoisotopic (exact) mass is 284 g/mol. The molecule has 19 heavy (non-hydrogen) atoms. The molecule has 5 heteroatoms. The summed E-state index contributed by atoms with van der Waals surface area (Å²) in [4.78, 5) is 11.9. The van der Waals surface area contributed by atoms with Gasteiger partial charge in [-0.3, -0.25) is 8.98 Å². The van der Waals surface area contributed by atoms with Gasteiger partial charge in [0.15, 0.2) is 11.9 Å². The maximum absolute atomic E-state index is 11.9. The van der Waals surface area contributed by atoms with Crippen LogP contribution in [0.2, 0.25) is 0 Å². The molecule has 0 radical (unpaired) electrons. The minimum Gasteiger partial charge on any atom is -0.487 e. The number of Topliss-reactive ketones (excluding diaryl/α,β-unsaturated/α-hetero) is 1. The summed E-state index contributed by atoms with van der Waals surface area (Å²) < 4.78 is 16.6. The number of hydrogen-bond donors (Lipinski definition) is 1. The van der Waals surface area contributed by atoms with Crippen LogP contribution in [0.1, 0.15) is 51.4 Å². The standard InChI is InChI=1S/C14H20O4S/c15-11-12(16-9-5-1-2-6-9)14(13(11)18-19)17-10-7-3-4-8-10/h9-10,13,19H,1-8H2. The van der Waals surface area contributed by atoms with Crippen LogP contribution in [0, 0.1) is 0 Å². The van der Waals surface area contributed by atoms with Crippen LogP contribution in [0.3, 0.4) is 0 Å². The number of rotatable bonds is 5. The topological polar surface area (TPSA) is 44.8 Å². The van der Waals surface area contributed by atoms with Crippen molar-refractivity contribution >= 4 is 18.7 Å². The highest BCUT2D eigenvalue weighted by molar-refractivity contribution is 7.75. The zero-order chi connectivity index (χ0) is 13.2. The lowest BCUT2D eigenvalue weighted by molar-refractivity contribution is -0.134. The molecule has 0 N–H and O–H groups in total. The van der Waals surface area contributed by atoms with E-state index in [0.29, 0.717) is 11.5 Å². The van der Waals surface area contributed by atoms with Gasteiger partial charge in [0, 0.05) is 0 Å². The fraction of sp³-hybridized carbons (Fsp3) is 0.786. The van der Waals surface area contributed by atoms with Crippen LogP contribution in [-0.2, 0) is 18.5 Å². The second-order valence-corrected chi connectivity index (χ2v) is 5.80. The zero-order valence-electron chi connectivity index (χ0n) is 11.0. The lowest BCUT2D eigenvalue weighted by Gasteiger charge is -2.32. The molecule has 0 spiro atoms. The lowest BCUT2D eigenvalue weighted by atomic mass is 9.99. The maximum atomic E-state index is 11.9. The van der Waals surface area contributed by atoms with Crippen molar-refractivity contribution in [1.29, 1.82) is 0 Å².